The van der Waals surface area contributed by atoms with Crippen LogP contribution in [0.4, 0.5) is 4.39 Å². The Kier molecular flexibility index (Phi) is 6.02. The molecule has 2 heterocycles. The van der Waals surface area contributed by atoms with Crippen LogP contribution in [0.5, 0.6) is 0 Å². The van der Waals surface area contributed by atoms with E-state index in [1.165, 1.54) is 43.6 Å². The number of thiophene rings is 1. The molecule has 0 aliphatic carbocycles. The maximum Gasteiger partial charge on any atom is 0.348 e. The number of sulfonamides is 1. The monoisotopic (exact) mass is 475 g/mol. The van der Waals surface area contributed by atoms with Crippen LogP contribution in [0.3, 0.4) is 0 Å². The third-order valence-corrected chi connectivity index (χ3v) is 7.94. The van der Waals surface area contributed by atoms with Crippen molar-refractivity contribution in [2.24, 2.45) is 0 Å². The zero-order chi connectivity index (χ0) is 23.0. The molecule has 0 radical (unpaired) electrons. The van der Waals surface area contributed by atoms with E-state index in [-0.39, 0.29) is 17.3 Å². The van der Waals surface area contributed by atoms with E-state index in [0.717, 1.165) is 20.9 Å². The van der Waals surface area contributed by atoms with Gasteiger partial charge in [0.1, 0.15) is 23.1 Å². The van der Waals surface area contributed by atoms with Crippen LogP contribution >= 0.6 is 11.3 Å². The number of fused-ring (bicyclic) bond motifs is 2. The van der Waals surface area contributed by atoms with Crippen LogP contribution < -0.4 is 0 Å². The van der Waals surface area contributed by atoms with E-state index in [2.05, 4.69) is 4.98 Å². The predicted octanol–water partition coefficient (Wildman–Crippen LogP) is 4.41. The normalized spacial score (nSPS) is 12.2. The molecule has 7 nitrogen and oxygen atoms in total. The Morgan fingerprint density at radius 3 is 2.69 bits per heavy atom. The van der Waals surface area contributed by atoms with Gasteiger partial charge in [-0.15, -0.1) is 11.3 Å². The second kappa shape index (κ2) is 8.61. The van der Waals surface area contributed by atoms with Gasteiger partial charge in [-0.3, -0.25) is 0 Å². The van der Waals surface area contributed by atoms with Gasteiger partial charge in [-0.25, -0.2) is 26.9 Å². The Balaban J connectivity index is 1.62. The van der Waals surface area contributed by atoms with E-state index in [0.29, 0.717) is 28.1 Å². The average molecular weight is 476 g/mol. The molecule has 0 fully saturated rings. The molecule has 32 heavy (non-hydrogen) atoms. The highest BCUT2D eigenvalue weighted by molar-refractivity contribution is 7.89. The maximum absolute atomic E-state index is 13.4. The summed E-state index contributed by atoms with van der Waals surface area (Å²) in [7, 11) is -0.639. The third-order valence-electron chi connectivity index (χ3n) is 5.04. The van der Waals surface area contributed by atoms with Gasteiger partial charge in [0.2, 0.25) is 10.0 Å². The van der Waals surface area contributed by atoms with Crippen LogP contribution in [0, 0.1) is 5.82 Å². The van der Waals surface area contributed by atoms with E-state index in [4.69, 9.17) is 4.74 Å². The Morgan fingerprint density at radius 2 is 1.97 bits per heavy atom. The molecular formula is C22H22FN3O4S2. The van der Waals surface area contributed by atoms with Crippen molar-refractivity contribution in [1.29, 1.82) is 0 Å². The molecular weight excluding hydrogens is 453 g/mol. The smallest absolute Gasteiger partial charge is 0.348 e. The van der Waals surface area contributed by atoms with Crippen molar-refractivity contribution in [3.63, 3.8) is 0 Å². The molecule has 0 unspecified atom stereocenters. The molecule has 4 aromatic rings. The Labute approximate surface area is 189 Å². The number of aryl methyl sites for hydroxylation is 1. The molecule has 0 bridgehead atoms. The topological polar surface area (TPSA) is 81.5 Å². The molecule has 0 saturated carbocycles. The van der Waals surface area contributed by atoms with Crippen LogP contribution in [0.1, 0.15) is 28.8 Å². The third kappa shape index (κ3) is 4.13. The van der Waals surface area contributed by atoms with Crippen molar-refractivity contribution < 1.29 is 22.3 Å². The van der Waals surface area contributed by atoms with E-state index in [1.54, 1.807) is 24.3 Å². The van der Waals surface area contributed by atoms with E-state index in [1.807, 2.05) is 11.5 Å². The summed E-state index contributed by atoms with van der Waals surface area (Å²) in [5, 5.41) is 0.648. The largest absolute Gasteiger partial charge is 0.453 e. The summed E-state index contributed by atoms with van der Waals surface area (Å²) in [4.78, 5) is 17.7. The van der Waals surface area contributed by atoms with Crippen molar-refractivity contribution in [2.45, 2.75) is 31.4 Å². The van der Waals surface area contributed by atoms with Crippen molar-refractivity contribution in [2.75, 3.05) is 14.1 Å². The number of imidazole rings is 1. The second-order valence-corrected chi connectivity index (χ2v) is 10.7. The van der Waals surface area contributed by atoms with Crippen molar-refractivity contribution in [1.82, 2.24) is 13.9 Å². The van der Waals surface area contributed by atoms with Crippen LogP contribution in [0.2, 0.25) is 0 Å². The molecule has 0 saturated heterocycles. The lowest BCUT2D eigenvalue weighted by Crippen LogP contribution is -2.22. The minimum atomic E-state index is -3.59. The molecule has 10 heteroatoms. The van der Waals surface area contributed by atoms with Crippen molar-refractivity contribution in [3.8, 4) is 0 Å². The first-order chi connectivity index (χ1) is 15.2. The average Bonchev–Trinajstić information content (AvgIpc) is 3.32. The molecule has 0 atom stereocenters. The van der Waals surface area contributed by atoms with E-state index in [9.17, 15) is 17.6 Å². The zero-order valence-corrected chi connectivity index (χ0v) is 19.5. The number of benzene rings is 2. The van der Waals surface area contributed by atoms with Crippen LogP contribution in [0.15, 0.2) is 47.4 Å². The number of aromatic nitrogens is 2. The SMILES string of the molecule is CCCn1c(COC(=O)c2cc3cc(F)ccc3s2)nc2cc(S(=O)(=O)N(C)C)ccc21. The van der Waals surface area contributed by atoms with Gasteiger partial charge >= 0.3 is 5.97 Å². The van der Waals surface area contributed by atoms with E-state index >= 15 is 0 Å². The van der Waals surface area contributed by atoms with Crippen molar-refractivity contribution in [3.05, 3.63) is 59.0 Å². The Morgan fingerprint density at radius 1 is 1.19 bits per heavy atom. The number of carbonyl (C=O) groups is 1. The number of esters is 1. The number of hydrogen-bond donors (Lipinski definition) is 0. The fraction of sp³-hybridized carbons (Fsp3) is 0.273. The molecule has 2 aromatic carbocycles. The maximum atomic E-state index is 13.4. The summed E-state index contributed by atoms with van der Waals surface area (Å²) in [6.45, 7) is 2.60. The number of nitrogens with zero attached hydrogens (tertiary/aromatic N) is 3. The molecule has 4 rings (SSSR count). The number of ether oxygens (including phenoxy) is 1. The lowest BCUT2D eigenvalue weighted by Gasteiger charge is -2.11. The second-order valence-electron chi connectivity index (χ2n) is 7.49. The predicted molar refractivity (Wildman–Crippen MR) is 122 cm³/mol. The molecule has 0 N–H and O–H groups in total. The standard InChI is InChI=1S/C22H22FN3O4S2/c1-4-9-26-18-7-6-16(32(28,29)25(2)3)12-17(18)24-21(26)13-30-22(27)20-11-14-10-15(23)5-8-19(14)31-20/h5-8,10-12H,4,9,13H2,1-3H3. The van der Waals surface area contributed by atoms with Gasteiger partial charge in [0.25, 0.3) is 0 Å². The molecule has 0 aliphatic heterocycles. The lowest BCUT2D eigenvalue weighted by molar-refractivity contribution is 0.0464. The highest BCUT2D eigenvalue weighted by Gasteiger charge is 2.20. The number of rotatable bonds is 7. The van der Waals surface area contributed by atoms with Crippen LogP contribution in [-0.4, -0.2) is 42.3 Å². The Hall–Kier alpha value is -2.82. The minimum absolute atomic E-state index is 0.0636. The summed E-state index contributed by atoms with van der Waals surface area (Å²) >= 11 is 1.24. The van der Waals surface area contributed by atoms with Gasteiger partial charge in [-0.05, 0) is 54.3 Å². The fourth-order valence-electron chi connectivity index (χ4n) is 3.43. The fourth-order valence-corrected chi connectivity index (χ4v) is 5.29. The number of halogens is 1. The summed E-state index contributed by atoms with van der Waals surface area (Å²) in [5.74, 6) is -0.349. The van der Waals surface area contributed by atoms with Gasteiger partial charge in [-0.2, -0.15) is 0 Å². The van der Waals surface area contributed by atoms with Gasteiger partial charge in [0.15, 0.2) is 0 Å². The van der Waals surface area contributed by atoms with Crippen LogP contribution in [0.25, 0.3) is 21.1 Å². The van der Waals surface area contributed by atoms with Gasteiger partial charge in [-0.1, -0.05) is 6.92 Å². The first kappa shape index (κ1) is 22.4. The van der Waals surface area contributed by atoms with Gasteiger partial charge in [0, 0.05) is 25.3 Å². The zero-order valence-electron chi connectivity index (χ0n) is 17.8. The number of hydrogen-bond acceptors (Lipinski definition) is 6. The lowest BCUT2D eigenvalue weighted by atomic mass is 10.2. The molecule has 0 aliphatic rings. The highest BCUT2D eigenvalue weighted by atomic mass is 32.2. The first-order valence-electron chi connectivity index (χ1n) is 9.98. The molecule has 2 aromatic heterocycles. The summed E-state index contributed by atoms with van der Waals surface area (Å²) < 4.78 is 47.7. The first-order valence-corrected chi connectivity index (χ1v) is 12.2. The quantitative estimate of drug-likeness (QED) is 0.370. The number of carbonyl (C=O) groups excluding carboxylic acids is 1. The molecule has 168 valence electrons. The van der Waals surface area contributed by atoms with Crippen LogP contribution in [-0.2, 0) is 27.9 Å². The summed E-state index contributed by atoms with van der Waals surface area (Å²) in [5.41, 5.74) is 1.29. The van der Waals surface area contributed by atoms with Crippen molar-refractivity contribution >= 4 is 48.4 Å². The van der Waals surface area contributed by atoms with Gasteiger partial charge in [0.05, 0.1) is 15.9 Å². The molecule has 0 spiro atoms. The summed E-state index contributed by atoms with van der Waals surface area (Å²) in [6, 6.07) is 10.8. The molecule has 0 amide bonds. The highest BCUT2D eigenvalue weighted by Crippen LogP contribution is 2.27. The minimum Gasteiger partial charge on any atom is -0.453 e. The summed E-state index contributed by atoms with van der Waals surface area (Å²) in [6.07, 6.45) is 0.825. The van der Waals surface area contributed by atoms with E-state index < -0.39 is 16.0 Å². The van der Waals surface area contributed by atoms with Gasteiger partial charge < -0.3 is 9.30 Å². The Bertz CT molecular complexity index is 1420.